The highest BCUT2D eigenvalue weighted by atomic mass is 32.1. The number of rotatable bonds is 6. The smallest absolute Gasteiger partial charge is 0.170 e. The van der Waals surface area contributed by atoms with Gasteiger partial charge in [-0.2, -0.15) is 12.6 Å². The van der Waals surface area contributed by atoms with E-state index in [1.165, 1.54) is 6.07 Å². The Morgan fingerprint density at radius 1 is 0.587 bits per heavy atom. The zero-order valence-corrected chi connectivity index (χ0v) is 26.0. The Hall–Kier alpha value is -5.53. The van der Waals surface area contributed by atoms with E-state index in [-0.39, 0.29) is 16.7 Å². The maximum absolute atomic E-state index is 11.8. The summed E-state index contributed by atoms with van der Waals surface area (Å²) in [5.74, 6) is -3.38. The van der Waals surface area contributed by atoms with Crippen molar-refractivity contribution < 1.29 is 30.6 Å². The minimum absolute atomic E-state index is 0.131. The Morgan fingerprint density at radius 2 is 1.09 bits per heavy atom. The number of hydrogen-bond acceptors (Lipinski definition) is 7. The first-order valence-corrected chi connectivity index (χ1v) is 15.3. The van der Waals surface area contributed by atoms with Crippen LogP contribution in [0.4, 0.5) is 0 Å². The van der Waals surface area contributed by atoms with Crippen molar-refractivity contribution in [2.24, 2.45) is 0 Å². The molecule has 0 aliphatic carbocycles. The van der Waals surface area contributed by atoms with Gasteiger partial charge in [0.2, 0.25) is 0 Å². The molecule has 0 heterocycles. The Balaban J connectivity index is 1.71. The number of benzene rings is 6. The fourth-order valence-corrected chi connectivity index (χ4v) is 6.54. The lowest BCUT2D eigenvalue weighted by molar-refractivity contribution is 0.390. The molecule has 0 amide bonds. The summed E-state index contributed by atoms with van der Waals surface area (Å²) in [7, 11) is 0. The van der Waals surface area contributed by atoms with E-state index in [1.54, 1.807) is 32.1 Å². The monoisotopic (exact) mass is 628 g/mol. The molecule has 0 aliphatic rings. The second-order valence-electron chi connectivity index (χ2n) is 11.0. The second kappa shape index (κ2) is 12.1. The third-order valence-electron chi connectivity index (χ3n) is 8.38. The van der Waals surface area contributed by atoms with Gasteiger partial charge in [-0.05, 0) is 58.2 Å². The molecule has 0 fully saturated rings. The fourth-order valence-electron chi connectivity index (χ4n) is 6.34. The van der Waals surface area contributed by atoms with E-state index in [4.69, 9.17) is 0 Å². The normalized spacial score (nSPS) is 12.0. The van der Waals surface area contributed by atoms with Crippen LogP contribution in [0.25, 0.3) is 60.5 Å². The van der Waals surface area contributed by atoms with Gasteiger partial charge < -0.3 is 30.6 Å². The number of thiol groups is 1. The average Bonchev–Trinajstić information content (AvgIpc) is 3.07. The van der Waals surface area contributed by atoms with Crippen molar-refractivity contribution in [2.75, 3.05) is 5.75 Å². The molecule has 6 aromatic rings. The zero-order valence-electron chi connectivity index (χ0n) is 25.2. The van der Waals surface area contributed by atoms with Gasteiger partial charge in [-0.1, -0.05) is 97.1 Å². The van der Waals surface area contributed by atoms with Crippen molar-refractivity contribution in [1.29, 1.82) is 0 Å². The van der Waals surface area contributed by atoms with Gasteiger partial charge in [0.25, 0.3) is 0 Å². The van der Waals surface area contributed by atoms with Crippen molar-refractivity contribution in [3.8, 4) is 67.9 Å². The molecular formula is C39H32O6S. The lowest BCUT2D eigenvalue weighted by Gasteiger charge is -2.23. The number of phenols is 6. The van der Waals surface area contributed by atoms with Crippen LogP contribution in [0.2, 0.25) is 0 Å². The number of aromatic hydroxyl groups is 6. The van der Waals surface area contributed by atoms with Crippen LogP contribution in [-0.2, 0) is 0 Å². The van der Waals surface area contributed by atoms with Crippen LogP contribution in [0.5, 0.6) is 34.5 Å². The highest BCUT2D eigenvalue weighted by molar-refractivity contribution is 7.80. The number of fused-ring (bicyclic) bond motifs is 2. The summed E-state index contributed by atoms with van der Waals surface area (Å²) in [5.41, 5.74) is 2.75. The van der Waals surface area contributed by atoms with Gasteiger partial charge >= 0.3 is 0 Å². The first kappa shape index (κ1) is 30.5. The maximum atomic E-state index is 11.8. The highest BCUT2D eigenvalue weighted by Gasteiger charge is 2.31. The molecular weight excluding hydrogens is 596 g/mol. The van der Waals surface area contributed by atoms with Crippen LogP contribution >= 0.6 is 12.6 Å². The van der Waals surface area contributed by atoms with Crippen LogP contribution in [0, 0.1) is 6.92 Å². The Morgan fingerprint density at radius 3 is 1.63 bits per heavy atom. The largest absolute Gasteiger partial charge is 0.507 e. The molecule has 0 aliphatic heterocycles. The van der Waals surface area contributed by atoms with E-state index in [0.717, 1.165) is 32.7 Å². The van der Waals surface area contributed by atoms with Gasteiger partial charge in [0, 0.05) is 28.0 Å². The van der Waals surface area contributed by atoms with E-state index in [0.29, 0.717) is 16.9 Å². The number of phenolic OH excluding ortho intramolecular Hbond substituents is 6. The molecule has 6 N–H and O–H groups in total. The summed E-state index contributed by atoms with van der Waals surface area (Å²) < 4.78 is 0. The molecule has 7 heteroatoms. The molecule has 6 nitrogen and oxygen atoms in total. The fraction of sp³-hybridized carbons (Fsp3) is 0.0769. The molecule has 0 atom stereocenters. The van der Waals surface area contributed by atoms with Crippen LogP contribution in [0.1, 0.15) is 18.1 Å². The first-order valence-electron chi connectivity index (χ1n) is 14.7. The standard InChI is InChI=1S/C39H32O6S/c1-3-11-22(18-19-46)28-20-29(40)37(43)34(36(28)42)33-35(41)21(2)30(38(44)39(33)45)32-26-16-9-7-14-24(26)31(23-12-5-4-6-13-23)25-15-8-10-17-27(25)32/h3-18,20,40-46H,19H2,1-2H3/b11-3-,22-18?. The van der Waals surface area contributed by atoms with Crippen molar-refractivity contribution in [2.45, 2.75) is 13.8 Å². The summed E-state index contributed by atoms with van der Waals surface area (Å²) in [6.45, 7) is 3.37. The van der Waals surface area contributed by atoms with Crippen molar-refractivity contribution in [1.82, 2.24) is 0 Å². The molecule has 0 radical (unpaired) electrons. The van der Waals surface area contributed by atoms with Crippen molar-refractivity contribution >= 4 is 39.7 Å². The van der Waals surface area contributed by atoms with Gasteiger partial charge in [-0.15, -0.1) is 0 Å². The first-order chi connectivity index (χ1) is 22.2. The van der Waals surface area contributed by atoms with Crippen LogP contribution < -0.4 is 0 Å². The summed E-state index contributed by atoms with van der Waals surface area (Å²) in [5, 5.41) is 71.6. The zero-order chi connectivity index (χ0) is 32.7. The van der Waals surface area contributed by atoms with Gasteiger partial charge in [-0.3, -0.25) is 0 Å². The summed E-state index contributed by atoms with van der Waals surface area (Å²) >= 11 is 4.25. The summed E-state index contributed by atoms with van der Waals surface area (Å²) in [4.78, 5) is 0. The predicted octanol–water partition coefficient (Wildman–Crippen LogP) is 9.43. The minimum Gasteiger partial charge on any atom is -0.507 e. The molecule has 6 rings (SSSR count). The van der Waals surface area contributed by atoms with E-state index in [2.05, 4.69) is 12.6 Å². The summed E-state index contributed by atoms with van der Waals surface area (Å²) in [6, 6.07) is 26.7. The lowest BCUT2D eigenvalue weighted by Crippen LogP contribution is -1.96. The van der Waals surface area contributed by atoms with Crippen LogP contribution in [0.15, 0.2) is 103 Å². The molecule has 0 bridgehead atoms. The van der Waals surface area contributed by atoms with E-state index in [9.17, 15) is 30.6 Å². The molecule has 6 aromatic carbocycles. The molecule has 230 valence electrons. The summed E-state index contributed by atoms with van der Waals surface area (Å²) in [6.07, 6.45) is 5.11. The van der Waals surface area contributed by atoms with Gasteiger partial charge in [0.05, 0.1) is 11.1 Å². The van der Waals surface area contributed by atoms with Crippen molar-refractivity contribution in [3.63, 3.8) is 0 Å². The van der Waals surface area contributed by atoms with E-state index >= 15 is 0 Å². The van der Waals surface area contributed by atoms with E-state index < -0.39 is 45.6 Å². The molecule has 0 aromatic heterocycles. The Bertz CT molecular complexity index is 2130. The van der Waals surface area contributed by atoms with Gasteiger partial charge in [-0.25, -0.2) is 0 Å². The third kappa shape index (κ3) is 4.76. The molecule has 0 unspecified atom stereocenters. The van der Waals surface area contributed by atoms with Crippen LogP contribution in [-0.4, -0.2) is 36.4 Å². The molecule has 0 spiro atoms. The van der Waals surface area contributed by atoms with E-state index in [1.807, 2.05) is 78.9 Å². The van der Waals surface area contributed by atoms with Crippen molar-refractivity contribution in [3.05, 3.63) is 114 Å². The number of allylic oxidation sites excluding steroid dienone is 3. The van der Waals surface area contributed by atoms with Gasteiger partial charge in [0.1, 0.15) is 11.5 Å². The second-order valence-corrected chi connectivity index (χ2v) is 11.4. The Kier molecular flexibility index (Phi) is 8.02. The maximum Gasteiger partial charge on any atom is 0.170 e. The highest BCUT2D eigenvalue weighted by Crippen LogP contribution is 2.59. The Labute approximate surface area is 271 Å². The molecule has 0 saturated heterocycles. The quantitative estimate of drug-likeness (QED) is 0.0324. The lowest BCUT2D eigenvalue weighted by atomic mass is 9.83. The molecule has 46 heavy (non-hydrogen) atoms. The van der Waals surface area contributed by atoms with Crippen LogP contribution in [0.3, 0.4) is 0 Å². The number of hydrogen-bond donors (Lipinski definition) is 7. The average molecular weight is 629 g/mol. The minimum atomic E-state index is -0.772. The topological polar surface area (TPSA) is 121 Å². The SMILES string of the molecule is C/C=C\C(=CCS)c1cc(O)c(O)c(-c2c(O)c(C)c(-c3c4ccccc4c(-c4ccccc4)c4ccccc34)c(O)c2O)c1O. The van der Waals surface area contributed by atoms with Gasteiger partial charge in [0.15, 0.2) is 23.0 Å². The predicted molar refractivity (Wildman–Crippen MR) is 189 cm³/mol. The molecule has 0 saturated carbocycles. The third-order valence-corrected chi connectivity index (χ3v) is 8.56.